The first-order valence-corrected chi connectivity index (χ1v) is 23.7. The molecule has 0 N–H and O–H groups in total. The fourth-order valence-corrected chi connectivity index (χ4v) is 11.4. The zero-order valence-corrected chi connectivity index (χ0v) is 37.4. The summed E-state index contributed by atoms with van der Waals surface area (Å²) < 4.78 is 5.03. The quantitative estimate of drug-likeness (QED) is 0.148. The highest BCUT2D eigenvalue weighted by Gasteiger charge is 2.19. The highest BCUT2D eigenvalue weighted by Crippen LogP contribution is 2.44. The Morgan fingerprint density at radius 3 is 1.52 bits per heavy atom. The first-order valence-electron chi connectivity index (χ1n) is 22.9. The lowest BCUT2D eigenvalue weighted by Gasteiger charge is -2.26. The van der Waals surface area contributed by atoms with Gasteiger partial charge in [-0.25, -0.2) is 0 Å². The maximum Gasteiger partial charge on any atom is 0.0619 e. The Labute approximate surface area is 393 Å². The molecule has 11 aromatic carbocycles. The third kappa shape index (κ3) is 6.71. The van der Waals surface area contributed by atoms with E-state index in [1.807, 2.05) is 11.3 Å². The average molecular weight is 871 g/mol. The van der Waals surface area contributed by atoms with Crippen molar-refractivity contribution in [2.45, 2.75) is 0 Å². The smallest absolute Gasteiger partial charge is 0.0619 e. The maximum absolute atomic E-state index is 2.45. The van der Waals surface area contributed by atoms with Crippen molar-refractivity contribution in [3.05, 3.63) is 255 Å². The Balaban J connectivity index is 0.917. The van der Waals surface area contributed by atoms with Crippen LogP contribution in [-0.4, -0.2) is 4.57 Å². The second-order valence-corrected chi connectivity index (χ2v) is 18.3. The minimum Gasteiger partial charge on any atom is -0.310 e. The highest BCUT2D eigenvalue weighted by molar-refractivity contribution is 7.25. The van der Waals surface area contributed by atoms with Gasteiger partial charge in [-0.05, 0) is 111 Å². The Bertz CT molecular complexity index is 3960. The molecule has 0 radical (unpaired) electrons. The molecule has 13 aromatic rings. The van der Waals surface area contributed by atoms with Crippen molar-refractivity contribution in [1.82, 2.24) is 4.57 Å². The van der Waals surface area contributed by atoms with Gasteiger partial charge >= 0.3 is 0 Å². The zero-order valence-electron chi connectivity index (χ0n) is 36.6. The van der Waals surface area contributed by atoms with Crippen LogP contribution in [0.2, 0.25) is 0 Å². The summed E-state index contributed by atoms with van der Waals surface area (Å²) in [4.78, 5) is 2.40. The molecule has 0 saturated heterocycles. The van der Waals surface area contributed by atoms with Crippen LogP contribution in [0.15, 0.2) is 255 Å². The fourth-order valence-electron chi connectivity index (χ4n) is 10.3. The highest BCUT2D eigenvalue weighted by atomic mass is 32.1. The monoisotopic (exact) mass is 870 g/mol. The van der Waals surface area contributed by atoms with Crippen LogP contribution in [0.5, 0.6) is 0 Å². The Morgan fingerprint density at radius 2 is 0.806 bits per heavy atom. The van der Waals surface area contributed by atoms with E-state index in [1.54, 1.807) is 0 Å². The van der Waals surface area contributed by atoms with Crippen LogP contribution in [0.3, 0.4) is 0 Å². The molecular formula is C64H42N2S. The topological polar surface area (TPSA) is 8.17 Å². The molecule has 0 aliphatic rings. The van der Waals surface area contributed by atoms with E-state index in [2.05, 4.69) is 264 Å². The van der Waals surface area contributed by atoms with E-state index in [1.165, 1.54) is 97.3 Å². The van der Waals surface area contributed by atoms with Crippen LogP contribution in [0.25, 0.3) is 103 Å². The van der Waals surface area contributed by atoms with Gasteiger partial charge in [0.25, 0.3) is 0 Å². The Kier molecular flexibility index (Phi) is 9.40. The number of para-hydroxylation sites is 1. The Morgan fingerprint density at radius 1 is 0.299 bits per heavy atom. The molecule has 67 heavy (non-hydrogen) atoms. The van der Waals surface area contributed by atoms with Gasteiger partial charge < -0.3 is 9.47 Å². The van der Waals surface area contributed by atoms with Crippen molar-refractivity contribution in [2.75, 3.05) is 4.90 Å². The van der Waals surface area contributed by atoms with Gasteiger partial charge in [0.1, 0.15) is 0 Å². The van der Waals surface area contributed by atoms with E-state index >= 15 is 0 Å². The van der Waals surface area contributed by atoms with E-state index < -0.39 is 0 Å². The summed E-state index contributed by atoms with van der Waals surface area (Å²) in [6.45, 7) is 0. The molecule has 0 saturated carbocycles. The largest absolute Gasteiger partial charge is 0.310 e. The standard InChI is InChI=1S/C64H42N2S/c1-3-15-44(16-4-1)52-20-9-11-23-55(52)56-24-12-10-21-53(56)46-29-35-50(36-30-46)65(51-37-40-59-58-25-13-14-26-62(58)67-63(59)42-51)49-33-27-43(28-34-49)47-32-38-57-60-39-31-45-17-7-8-22-54(45)64(60)66(61(57)41-47)48-18-5-2-6-19-48/h1-42H. The molecule has 314 valence electrons. The summed E-state index contributed by atoms with van der Waals surface area (Å²) in [5, 5.41) is 7.60. The number of rotatable bonds is 8. The number of hydrogen-bond donors (Lipinski definition) is 0. The molecule has 3 heteroatoms. The first kappa shape index (κ1) is 38.9. The molecule has 0 bridgehead atoms. The maximum atomic E-state index is 2.45. The molecule has 0 aliphatic carbocycles. The van der Waals surface area contributed by atoms with Gasteiger partial charge in [-0.3, -0.25) is 0 Å². The van der Waals surface area contributed by atoms with E-state index in [4.69, 9.17) is 0 Å². The number of hydrogen-bond acceptors (Lipinski definition) is 2. The summed E-state index contributed by atoms with van der Waals surface area (Å²) in [5.41, 5.74) is 16.5. The van der Waals surface area contributed by atoms with Crippen LogP contribution in [0.4, 0.5) is 17.1 Å². The molecular weight excluding hydrogens is 829 g/mol. The SMILES string of the molecule is c1ccc(-c2ccccc2-c2ccccc2-c2ccc(N(c3ccc(-c4ccc5c6ccc7ccccc7c6n(-c6ccccc6)c5c4)cc3)c3ccc4c(c3)sc3ccccc34)cc2)cc1. The van der Waals surface area contributed by atoms with Crippen molar-refractivity contribution in [2.24, 2.45) is 0 Å². The molecule has 0 spiro atoms. The van der Waals surface area contributed by atoms with Crippen molar-refractivity contribution < 1.29 is 0 Å². The second-order valence-electron chi connectivity index (χ2n) is 17.3. The molecule has 2 heterocycles. The first-order chi connectivity index (χ1) is 33.2. The molecule has 2 aromatic heterocycles. The predicted octanol–water partition coefficient (Wildman–Crippen LogP) is 18.4. The minimum absolute atomic E-state index is 1.10. The number of fused-ring (bicyclic) bond motifs is 8. The van der Waals surface area contributed by atoms with Crippen LogP contribution in [0, 0.1) is 0 Å². The molecule has 0 unspecified atom stereocenters. The lowest BCUT2D eigenvalue weighted by atomic mass is 9.89. The molecule has 2 nitrogen and oxygen atoms in total. The third-order valence-electron chi connectivity index (χ3n) is 13.4. The number of benzene rings is 11. The van der Waals surface area contributed by atoms with E-state index in [0.29, 0.717) is 0 Å². The van der Waals surface area contributed by atoms with Gasteiger partial charge in [0, 0.05) is 59.1 Å². The number of nitrogens with zero attached hydrogens (tertiary/aromatic N) is 2. The summed E-state index contributed by atoms with van der Waals surface area (Å²) in [5.74, 6) is 0. The van der Waals surface area contributed by atoms with E-state index in [0.717, 1.165) is 22.7 Å². The van der Waals surface area contributed by atoms with Gasteiger partial charge in [-0.2, -0.15) is 0 Å². The van der Waals surface area contributed by atoms with Crippen LogP contribution in [0.1, 0.15) is 0 Å². The van der Waals surface area contributed by atoms with Crippen LogP contribution in [-0.2, 0) is 0 Å². The molecule has 0 fully saturated rings. The molecule has 13 rings (SSSR count). The summed E-state index contributed by atoms with van der Waals surface area (Å²) in [6, 6.07) is 93.1. The van der Waals surface area contributed by atoms with Crippen molar-refractivity contribution in [3.63, 3.8) is 0 Å². The van der Waals surface area contributed by atoms with E-state index in [9.17, 15) is 0 Å². The van der Waals surface area contributed by atoms with Crippen LogP contribution >= 0.6 is 11.3 Å². The Hall–Kier alpha value is -8.50. The number of anilines is 3. The summed E-state index contributed by atoms with van der Waals surface area (Å²) in [6.07, 6.45) is 0. The molecule has 0 atom stereocenters. The lowest BCUT2D eigenvalue weighted by Crippen LogP contribution is -2.09. The summed E-state index contributed by atoms with van der Waals surface area (Å²) >= 11 is 1.86. The average Bonchev–Trinajstić information content (AvgIpc) is 3.95. The summed E-state index contributed by atoms with van der Waals surface area (Å²) in [7, 11) is 0. The van der Waals surface area contributed by atoms with Gasteiger partial charge in [-0.15, -0.1) is 11.3 Å². The lowest BCUT2D eigenvalue weighted by molar-refractivity contribution is 1.19. The molecule has 0 aliphatic heterocycles. The van der Waals surface area contributed by atoms with Crippen LogP contribution < -0.4 is 4.90 Å². The third-order valence-corrected chi connectivity index (χ3v) is 14.5. The van der Waals surface area contributed by atoms with Gasteiger partial charge in [0.15, 0.2) is 0 Å². The normalized spacial score (nSPS) is 11.6. The van der Waals surface area contributed by atoms with Crippen molar-refractivity contribution >= 4 is 81.1 Å². The number of aromatic nitrogens is 1. The van der Waals surface area contributed by atoms with Gasteiger partial charge in [0.05, 0.1) is 11.0 Å². The van der Waals surface area contributed by atoms with Gasteiger partial charge in [0.2, 0.25) is 0 Å². The second kappa shape index (κ2) is 16.2. The molecule has 0 amide bonds. The van der Waals surface area contributed by atoms with E-state index in [-0.39, 0.29) is 0 Å². The van der Waals surface area contributed by atoms with Crippen molar-refractivity contribution in [1.29, 1.82) is 0 Å². The fraction of sp³-hybridized carbons (Fsp3) is 0. The number of thiophene rings is 1. The minimum atomic E-state index is 1.10. The predicted molar refractivity (Wildman–Crippen MR) is 288 cm³/mol. The van der Waals surface area contributed by atoms with Gasteiger partial charge in [-0.1, -0.05) is 194 Å². The van der Waals surface area contributed by atoms with Crippen molar-refractivity contribution in [3.8, 4) is 50.2 Å². The zero-order chi connectivity index (χ0) is 44.3.